The second-order valence-corrected chi connectivity index (χ2v) is 5.59. The second kappa shape index (κ2) is 19.6. The maximum Gasteiger partial charge on any atom is 0.171 e. The Bertz CT molecular complexity index is 733. The molecular weight excluding hydrogens is 378 g/mol. The van der Waals surface area contributed by atoms with Gasteiger partial charge in [-0.2, -0.15) is 0 Å². The number of hydrogen-bond donors (Lipinski definition) is 0. The molecule has 0 spiro atoms. The summed E-state index contributed by atoms with van der Waals surface area (Å²) in [5.74, 6) is 0.228. The molecule has 0 aliphatic carbocycles. The Morgan fingerprint density at radius 3 is 1.23 bits per heavy atom. The van der Waals surface area contributed by atoms with Gasteiger partial charge in [-0.25, -0.2) is 4.39 Å². The van der Waals surface area contributed by atoms with Crippen LogP contribution in [-0.4, -0.2) is 0 Å². The molecule has 3 heteroatoms. The van der Waals surface area contributed by atoms with Crippen LogP contribution in [0.1, 0.15) is 58.2 Å². The molecule has 0 fully saturated rings. The fraction of sp³-hybridized carbons (Fsp3) is 0.333. The first kappa shape index (κ1) is 29.5. The van der Waals surface area contributed by atoms with Crippen LogP contribution >= 0.6 is 0 Å². The molecule has 0 radical (unpaired) electrons. The Morgan fingerprint density at radius 2 is 0.900 bits per heavy atom. The summed E-state index contributed by atoms with van der Waals surface area (Å²) < 4.78 is 23.7. The molecular formula is C27H38F2O. The van der Waals surface area contributed by atoms with Crippen LogP contribution in [0.2, 0.25) is 0 Å². The van der Waals surface area contributed by atoms with Crippen LogP contribution in [0.4, 0.5) is 8.92 Å². The molecule has 3 aromatic rings. The Morgan fingerprint density at radius 1 is 0.567 bits per heavy atom. The van der Waals surface area contributed by atoms with Crippen molar-refractivity contribution in [3.63, 3.8) is 0 Å². The highest BCUT2D eigenvalue weighted by atomic mass is 19.3. The van der Waals surface area contributed by atoms with Gasteiger partial charge in [0.2, 0.25) is 0 Å². The van der Waals surface area contributed by atoms with E-state index in [9.17, 15) is 8.92 Å². The molecule has 0 atom stereocenters. The van der Waals surface area contributed by atoms with Crippen molar-refractivity contribution in [2.45, 2.75) is 62.1 Å². The van der Waals surface area contributed by atoms with Crippen molar-refractivity contribution in [1.82, 2.24) is 0 Å². The minimum Gasteiger partial charge on any atom is -0.294 e. The molecule has 0 amide bonds. The molecule has 0 aromatic heterocycles. The molecule has 3 rings (SSSR count). The smallest absolute Gasteiger partial charge is 0.171 e. The van der Waals surface area contributed by atoms with Crippen LogP contribution in [0.5, 0.6) is 5.75 Å². The summed E-state index contributed by atoms with van der Waals surface area (Å²) in [5.41, 5.74) is 5.32. The van der Waals surface area contributed by atoms with E-state index in [1.165, 1.54) is 11.1 Å². The van der Waals surface area contributed by atoms with E-state index in [1.54, 1.807) is 24.3 Å². The monoisotopic (exact) mass is 416 g/mol. The highest BCUT2D eigenvalue weighted by molar-refractivity contribution is 5.64. The van der Waals surface area contributed by atoms with E-state index in [4.69, 9.17) is 0 Å². The van der Waals surface area contributed by atoms with Crippen LogP contribution in [-0.2, 0) is 6.67 Å². The number of aryl methyl sites for hydroxylation is 2. The minimum atomic E-state index is -0.361. The zero-order chi connectivity index (χ0) is 23.4. The number of benzene rings is 3. The van der Waals surface area contributed by atoms with Gasteiger partial charge in [-0.05, 0) is 42.7 Å². The van der Waals surface area contributed by atoms with Gasteiger partial charge in [0.25, 0.3) is 0 Å². The molecule has 3 aromatic carbocycles. The topological polar surface area (TPSA) is 9.23 Å². The lowest BCUT2D eigenvalue weighted by atomic mass is 10.0. The van der Waals surface area contributed by atoms with E-state index in [1.807, 2.05) is 91.8 Å². The zero-order valence-corrected chi connectivity index (χ0v) is 19.8. The van der Waals surface area contributed by atoms with E-state index < -0.39 is 0 Å². The Hall–Kier alpha value is -2.68. The van der Waals surface area contributed by atoms with Gasteiger partial charge in [-0.3, -0.25) is 4.94 Å². The van der Waals surface area contributed by atoms with E-state index in [2.05, 4.69) is 17.1 Å². The van der Waals surface area contributed by atoms with Crippen molar-refractivity contribution < 1.29 is 13.9 Å². The van der Waals surface area contributed by atoms with Gasteiger partial charge in [0.15, 0.2) is 5.75 Å². The lowest BCUT2D eigenvalue weighted by Crippen LogP contribution is -1.80. The third kappa shape index (κ3) is 12.0. The molecule has 1 nitrogen and oxygen atoms in total. The molecule has 166 valence electrons. The van der Waals surface area contributed by atoms with Gasteiger partial charge in [0.1, 0.15) is 6.67 Å². The van der Waals surface area contributed by atoms with Gasteiger partial charge in [0.05, 0.1) is 0 Å². The molecule has 30 heavy (non-hydrogen) atoms. The Balaban J connectivity index is 0. The number of halogens is 2. The maximum absolute atomic E-state index is 11.9. The summed E-state index contributed by atoms with van der Waals surface area (Å²) in [6, 6.07) is 22.5. The number of alkyl halides is 1. The molecule has 0 unspecified atom stereocenters. The largest absolute Gasteiger partial charge is 0.294 e. The third-order valence-electron chi connectivity index (χ3n) is 3.60. The third-order valence-corrected chi connectivity index (χ3v) is 3.60. The summed E-state index contributed by atoms with van der Waals surface area (Å²) in [6.07, 6.45) is 0. The van der Waals surface area contributed by atoms with Gasteiger partial charge in [0, 0.05) is 4.53 Å². The van der Waals surface area contributed by atoms with E-state index in [0.717, 1.165) is 16.7 Å². The highest BCUT2D eigenvalue weighted by Gasteiger charge is 1.98. The Labute approximate surface area is 182 Å². The first-order valence-electron chi connectivity index (χ1n) is 10.7. The van der Waals surface area contributed by atoms with Crippen LogP contribution in [0, 0.1) is 13.8 Å². The van der Waals surface area contributed by atoms with Crippen LogP contribution in [0.3, 0.4) is 0 Å². The quantitative estimate of drug-likeness (QED) is 0.413. The second-order valence-electron chi connectivity index (χ2n) is 5.59. The SMILES string of the molecule is CC.CC.CC.Cc1ccc(-c2ccc(OF)cc2)cc1.Cc1ccc(CF)cc1. The predicted octanol–water partition coefficient (Wildman–Crippen LogP) is 9.47. The van der Waals surface area contributed by atoms with Crippen LogP contribution < -0.4 is 4.94 Å². The summed E-state index contributed by atoms with van der Waals surface area (Å²) in [6.45, 7) is 15.7. The lowest BCUT2D eigenvalue weighted by molar-refractivity contribution is -0.00618. The normalized spacial score (nSPS) is 8.47. The predicted molar refractivity (Wildman–Crippen MR) is 128 cm³/mol. The molecule has 0 bridgehead atoms. The van der Waals surface area contributed by atoms with Crippen molar-refractivity contribution in [2.24, 2.45) is 0 Å². The first-order chi connectivity index (χ1) is 14.6. The molecule has 0 N–H and O–H groups in total. The van der Waals surface area contributed by atoms with E-state index >= 15 is 0 Å². The Kier molecular flexibility index (Phi) is 19.3. The van der Waals surface area contributed by atoms with Crippen molar-refractivity contribution in [3.05, 3.63) is 89.5 Å². The lowest BCUT2D eigenvalue weighted by Gasteiger charge is -2.02. The van der Waals surface area contributed by atoms with Crippen molar-refractivity contribution in [1.29, 1.82) is 0 Å². The minimum absolute atomic E-state index is 0.228. The number of rotatable bonds is 3. The van der Waals surface area contributed by atoms with Crippen molar-refractivity contribution in [2.75, 3.05) is 0 Å². The molecule has 0 aliphatic rings. The average Bonchev–Trinajstić information content (AvgIpc) is 2.84. The summed E-state index contributed by atoms with van der Waals surface area (Å²) in [4.78, 5) is 3.62. The van der Waals surface area contributed by atoms with Gasteiger partial charge in [-0.1, -0.05) is 113 Å². The summed E-state index contributed by atoms with van der Waals surface area (Å²) in [5, 5.41) is 0. The molecule has 0 saturated heterocycles. The molecule has 0 aliphatic heterocycles. The molecule has 0 heterocycles. The molecule has 0 saturated carbocycles. The average molecular weight is 417 g/mol. The highest BCUT2D eigenvalue weighted by Crippen LogP contribution is 2.22. The van der Waals surface area contributed by atoms with Crippen molar-refractivity contribution >= 4 is 0 Å². The maximum atomic E-state index is 11.9. The fourth-order valence-electron chi connectivity index (χ4n) is 2.12. The van der Waals surface area contributed by atoms with Gasteiger partial charge in [-0.15, -0.1) is 0 Å². The van der Waals surface area contributed by atoms with Gasteiger partial charge >= 0.3 is 0 Å². The standard InChI is InChI=1S/C13H11FO.C8H9F.3C2H6/c1-10-2-4-11(5-3-10)12-6-8-13(15-14)9-7-12;1-7-2-4-8(6-9)5-3-7;3*1-2/h2-9H,1H3;2-5H,6H2,1H3;3*1-2H3. The number of hydrogen-bond acceptors (Lipinski definition) is 1. The van der Waals surface area contributed by atoms with Crippen molar-refractivity contribution in [3.8, 4) is 16.9 Å². The fourth-order valence-corrected chi connectivity index (χ4v) is 2.12. The van der Waals surface area contributed by atoms with E-state index in [0.29, 0.717) is 0 Å². The van der Waals surface area contributed by atoms with Gasteiger partial charge < -0.3 is 0 Å². The zero-order valence-electron chi connectivity index (χ0n) is 19.8. The summed E-state index contributed by atoms with van der Waals surface area (Å²) >= 11 is 0. The van der Waals surface area contributed by atoms with Crippen LogP contribution in [0.15, 0.2) is 72.8 Å². The first-order valence-corrected chi connectivity index (χ1v) is 10.7. The summed E-state index contributed by atoms with van der Waals surface area (Å²) in [7, 11) is 0. The van der Waals surface area contributed by atoms with Crippen LogP contribution in [0.25, 0.3) is 11.1 Å². The van der Waals surface area contributed by atoms with E-state index in [-0.39, 0.29) is 12.4 Å².